The molecule has 1 aliphatic heterocycles. The van der Waals surface area contributed by atoms with Gasteiger partial charge in [0.2, 0.25) is 65.0 Å². The van der Waals surface area contributed by atoms with Gasteiger partial charge in [-0.1, -0.05) is 122 Å². The molecule has 0 aliphatic carbocycles. The van der Waals surface area contributed by atoms with E-state index in [4.69, 9.17) is 31.4 Å². The number of amides is 13. The molecule has 0 saturated carbocycles. The molecule has 37 nitrogen and oxygen atoms in total. The first-order chi connectivity index (χ1) is 50.7. The summed E-state index contributed by atoms with van der Waals surface area (Å²) in [6, 6.07) is -3.43. The number of nitrogens with one attached hydrogen (secondary N) is 12. The number of primary amides is 1. The van der Waals surface area contributed by atoms with Gasteiger partial charge in [-0.05, 0) is 107 Å². The Morgan fingerprint density at radius 1 is 0.630 bits per heavy atom. The van der Waals surface area contributed by atoms with Crippen molar-refractivity contribution in [1.29, 1.82) is 0 Å². The van der Waals surface area contributed by atoms with E-state index in [1.165, 1.54) is 44.2 Å². The minimum Gasteiger partial charge on any atom is -0.453 e. The lowest BCUT2D eigenvalue weighted by molar-refractivity contribution is -0.159. The Kier molecular flexibility index (Phi) is 38.7. The summed E-state index contributed by atoms with van der Waals surface area (Å²) in [6.07, 6.45) is -10.3. The molecule has 37 heteroatoms. The van der Waals surface area contributed by atoms with E-state index >= 15 is 14.4 Å². The Morgan fingerprint density at radius 2 is 1.20 bits per heavy atom. The van der Waals surface area contributed by atoms with Crippen molar-refractivity contribution in [2.24, 2.45) is 45.9 Å². The van der Waals surface area contributed by atoms with Crippen molar-refractivity contribution in [3.8, 4) is 0 Å². The number of nitrogens with zero attached hydrogens (tertiary/aromatic N) is 1. The van der Waals surface area contributed by atoms with Gasteiger partial charge in [-0.2, -0.15) is 0 Å². The molecule has 1 aliphatic rings. The fraction of sp³-hybridized carbons (Fsp3) is 0.620. The molecule has 0 spiro atoms. The molecular formula is C71H112N16O21. The third kappa shape index (κ3) is 32.0. The third-order valence-corrected chi connectivity index (χ3v) is 16.8. The van der Waals surface area contributed by atoms with Gasteiger partial charge in [0.15, 0.2) is 24.2 Å². The number of guanidine groups is 1. The molecule has 0 aromatic heterocycles. The second-order valence-electron chi connectivity index (χ2n) is 28.5. The highest BCUT2D eigenvalue weighted by Gasteiger charge is 2.44. The molecule has 2 aromatic rings. The SMILES string of the molecule is CC[C@H](C)C1NC(=O)[C@@H](CCCN=C(N)N)NC(=O)[C@H](CC(C)C)NC(=O)[C@H]([C@H](O)C(C)C)NC(=O)[C@@H](NC(=O)[C@H](CC(C)C)NC(=O)[C@@H](CCCCNC(=O)OC(C)(C)C)NC(=O)OCc2ccccc2)[C@@H](c2ccccc2)OC(=O)[C@H](CO)NC(=O)[C@H]([C@H](O)C(N)=O)NC(=O)CNC(=O)C([C@H](C)O)NC1=O. The van der Waals surface area contributed by atoms with E-state index in [0.29, 0.717) is 5.56 Å². The largest absolute Gasteiger partial charge is 0.453 e. The average molecular weight is 1530 g/mol. The van der Waals surface area contributed by atoms with Gasteiger partial charge in [-0.15, -0.1) is 0 Å². The second kappa shape index (κ2) is 45.4. The van der Waals surface area contributed by atoms with Crippen molar-refractivity contribution in [3.05, 3.63) is 71.8 Å². The van der Waals surface area contributed by atoms with E-state index in [1.54, 1.807) is 92.6 Å². The molecule has 0 bridgehead atoms. The van der Waals surface area contributed by atoms with Crippen molar-refractivity contribution < 1.29 is 102 Å². The number of unbranched alkanes of at least 4 members (excludes halogenated alkanes) is 1. The monoisotopic (exact) mass is 1520 g/mol. The van der Waals surface area contributed by atoms with Crippen LogP contribution in [0.25, 0.3) is 0 Å². The zero-order chi connectivity index (χ0) is 81.3. The first-order valence-electron chi connectivity index (χ1n) is 35.9. The zero-order valence-corrected chi connectivity index (χ0v) is 63.3. The number of hydrogen-bond acceptors (Lipinski definition) is 22. The Morgan fingerprint density at radius 3 is 1.77 bits per heavy atom. The summed E-state index contributed by atoms with van der Waals surface area (Å²) in [6.45, 7) is 16.2. The first kappa shape index (κ1) is 91.9. The van der Waals surface area contributed by atoms with Crippen molar-refractivity contribution in [2.45, 2.75) is 231 Å². The third-order valence-electron chi connectivity index (χ3n) is 16.8. The Hall–Kier alpha value is -10.3. The number of carbonyl (C=O) groups is 14. The van der Waals surface area contributed by atoms with Crippen LogP contribution in [0.5, 0.6) is 0 Å². The van der Waals surface area contributed by atoms with Crippen molar-refractivity contribution in [1.82, 2.24) is 63.8 Å². The summed E-state index contributed by atoms with van der Waals surface area (Å²) >= 11 is 0. The van der Waals surface area contributed by atoms with Crippen molar-refractivity contribution in [2.75, 3.05) is 26.2 Å². The standard InChI is InChI=1S/C71H112N16O21/c1-13-39(8)49-63(99)85-50(40(9)89)62(98)77-33-48(90)83-52(55(92)57(72)93)65(101)81-47(34-88)67(103)107-56(42-25-18-15-19-26-42)53(66(102)86-51(54(91)38(6)7)64(100)80-45(31-36(2)3)60(96)78-43(59(95)84-49)28-22-30-75-68(73)74)87-61(97)46(32-37(4)5)79-58(94)44(27-20-21-29-76-69(104)108-71(10,11)12)82-70(105)106-35-41-23-16-14-17-24-41/h14-19,23-26,36-40,43-47,49-56,88-89,91-92H,13,20-22,27-35H2,1-12H3,(H2,72,93)(H,76,104)(H,77,98)(H,78,96)(H,79,94)(H,80,100)(H,81,101)(H,82,105)(H,83,90)(H,84,95)(H,85,99)(H,86,102)(H,87,97)(H4,73,74,75)/t39-,40-,43+,44+,45-,46-,47-,49?,50?,51-,52-,53-,54+,55-,56+/m0/s1. The fourth-order valence-corrected chi connectivity index (χ4v) is 10.8. The summed E-state index contributed by atoms with van der Waals surface area (Å²) in [7, 11) is 0. The van der Waals surface area contributed by atoms with Crippen LogP contribution in [0.15, 0.2) is 65.7 Å². The molecule has 0 radical (unpaired) electrons. The maximum atomic E-state index is 15.7. The zero-order valence-electron chi connectivity index (χ0n) is 63.3. The van der Waals surface area contributed by atoms with E-state index in [0.717, 1.165) is 6.92 Å². The van der Waals surface area contributed by atoms with Crippen LogP contribution in [-0.4, -0.2) is 220 Å². The number of benzene rings is 2. The number of carbonyl (C=O) groups excluding carboxylic acids is 14. The van der Waals surface area contributed by atoms with Crippen LogP contribution in [0.2, 0.25) is 0 Å². The quantitative estimate of drug-likeness (QED) is 0.0128. The highest BCUT2D eigenvalue weighted by atomic mass is 16.6. The molecule has 3 rings (SSSR count). The van der Waals surface area contributed by atoms with E-state index in [2.05, 4.69) is 58.2 Å². The molecule has 15 atom stereocenters. The van der Waals surface area contributed by atoms with E-state index in [9.17, 15) is 73.2 Å². The van der Waals surface area contributed by atoms with Crippen molar-refractivity contribution in [3.63, 3.8) is 0 Å². The fourth-order valence-electron chi connectivity index (χ4n) is 10.8. The van der Waals surface area contributed by atoms with Crippen LogP contribution >= 0.6 is 0 Å². The van der Waals surface area contributed by atoms with Gasteiger partial charge in [-0.3, -0.25) is 57.7 Å². The molecule has 2 aromatic carbocycles. The van der Waals surface area contributed by atoms with E-state index in [-0.39, 0.29) is 82.6 Å². The van der Waals surface area contributed by atoms with Gasteiger partial charge in [0.25, 0.3) is 0 Å². The number of nitrogens with two attached hydrogens (primary N) is 3. The van der Waals surface area contributed by atoms with Crippen LogP contribution in [0.1, 0.15) is 152 Å². The summed E-state index contributed by atoms with van der Waals surface area (Å²) in [5, 5.41) is 73.8. The Bertz CT molecular complexity index is 3370. The van der Waals surface area contributed by atoms with E-state index in [1.807, 2.05) is 10.6 Å². The van der Waals surface area contributed by atoms with Crippen LogP contribution in [0.4, 0.5) is 9.59 Å². The van der Waals surface area contributed by atoms with Crippen LogP contribution in [-0.2, 0) is 78.4 Å². The number of alkyl carbamates (subject to hydrolysis) is 2. The van der Waals surface area contributed by atoms with Gasteiger partial charge in [0.1, 0.15) is 66.6 Å². The Balaban J connectivity index is 2.41. The number of ether oxygens (including phenoxy) is 3. The molecule has 108 heavy (non-hydrogen) atoms. The lowest BCUT2D eigenvalue weighted by Crippen LogP contribution is -2.64. The van der Waals surface area contributed by atoms with Crippen molar-refractivity contribution >= 4 is 89.1 Å². The minimum absolute atomic E-state index is 0.0150. The molecule has 13 amide bonds. The number of aliphatic hydroxyl groups excluding tert-OH is 4. The number of esters is 1. The summed E-state index contributed by atoms with van der Waals surface area (Å²) < 4.78 is 16.8. The van der Waals surface area contributed by atoms with E-state index < -0.39 is 210 Å². The predicted molar refractivity (Wildman–Crippen MR) is 390 cm³/mol. The van der Waals surface area contributed by atoms with Gasteiger partial charge < -0.3 is 116 Å². The lowest BCUT2D eigenvalue weighted by Gasteiger charge is -2.34. The second-order valence-corrected chi connectivity index (χ2v) is 28.5. The Labute approximate surface area is 627 Å². The normalized spacial score (nSPS) is 22.4. The molecule has 2 unspecified atom stereocenters. The maximum Gasteiger partial charge on any atom is 0.408 e. The summed E-state index contributed by atoms with van der Waals surface area (Å²) in [5.41, 5.74) is 16.2. The smallest absolute Gasteiger partial charge is 0.408 e. The number of aliphatic imine (C=N–C) groups is 1. The number of cyclic esters (lactones) is 1. The molecule has 1 saturated heterocycles. The average Bonchev–Trinajstić information content (AvgIpc) is 0.781. The lowest BCUT2D eigenvalue weighted by atomic mass is 9.95. The summed E-state index contributed by atoms with van der Waals surface area (Å²) in [4.78, 5) is 203. The molecule has 602 valence electrons. The van der Waals surface area contributed by atoms with Gasteiger partial charge in [0, 0.05) is 13.1 Å². The van der Waals surface area contributed by atoms with Gasteiger partial charge >= 0.3 is 18.2 Å². The highest BCUT2D eigenvalue weighted by molar-refractivity contribution is 6.00. The summed E-state index contributed by atoms with van der Waals surface area (Å²) in [5.74, 6) is -18.2. The molecular weight excluding hydrogens is 1410 g/mol. The van der Waals surface area contributed by atoms with Crippen LogP contribution in [0, 0.1) is 23.7 Å². The number of hydrogen-bond donors (Lipinski definition) is 19. The predicted octanol–water partition coefficient (Wildman–Crippen LogP) is -2.82. The highest BCUT2D eigenvalue weighted by Crippen LogP contribution is 2.25. The van der Waals surface area contributed by atoms with Crippen LogP contribution in [0.3, 0.4) is 0 Å². The number of aliphatic hydroxyl groups is 4. The molecule has 22 N–H and O–H groups in total. The molecule has 1 fully saturated rings. The van der Waals surface area contributed by atoms with Gasteiger partial charge in [0.05, 0.1) is 25.4 Å². The topological polar surface area (TPSA) is 582 Å². The van der Waals surface area contributed by atoms with Crippen LogP contribution < -0.4 is 81.0 Å². The maximum absolute atomic E-state index is 15.7. The molecule has 1 heterocycles. The minimum atomic E-state index is -2.62. The van der Waals surface area contributed by atoms with Gasteiger partial charge in [-0.25, -0.2) is 14.4 Å². The number of rotatable bonds is 29. The first-order valence-corrected chi connectivity index (χ1v) is 35.9.